The smallest absolute Gasteiger partial charge is 0.417 e. The quantitative estimate of drug-likeness (QED) is 0.680. The van der Waals surface area contributed by atoms with Crippen molar-refractivity contribution in [1.29, 1.82) is 0 Å². The first-order valence-electron chi connectivity index (χ1n) is 7.85. The van der Waals surface area contributed by atoms with Crippen LogP contribution in [0.5, 0.6) is 5.88 Å². The Labute approximate surface area is 154 Å². The molecule has 3 rings (SSSR count). The molecule has 2 heterocycles. The second-order valence-electron chi connectivity index (χ2n) is 5.87. The summed E-state index contributed by atoms with van der Waals surface area (Å²) in [6.07, 6.45) is -4.69. The van der Waals surface area contributed by atoms with Gasteiger partial charge in [-0.1, -0.05) is 0 Å². The number of nitrogens with one attached hydrogen (secondary N) is 1. The Balaban J connectivity index is 1.83. The second-order valence-corrected chi connectivity index (χ2v) is 5.87. The largest absolute Gasteiger partial charge is 0.467 e. The standard InChI is InChI=1S/C17H13F5N4O2/c1-8-15-10(17(20,21)22)6-14(24-16(15)26(2)25-8)28-7-13(27)23-12-5-9(18)3-4-11(12)19/h3-6H,7H2,1-2H3,(H,23,27). The molecule has 0 bridgehead atoms. The van der Waals surface area contributed by atoms with Crippen molar-refractivity contribution < 1.29 is 31.5 Å². The van der Waals surface area contributed by atoms with Gasteiger partial charge in [-0.05, 0) is 19.1 Å². The van der Waals surface area contributed by atoms with Crippen molar-refractivity contribution >= 4 is 22.6 Å². The maximum Gasteiger partial charge on any atom is 0.417 e. The summed E-state index contributed by atoms with van der Waals surface area (Å²) < 4.78 is 73.0. The monoisotopic (exact) mass is 400 g/mol. The molecule has 1 amide bonds. The highest BCUT2D eigenvalue weighted by atomic mass is 19.4. The number of hydrogen-bond donors (Lipinski definition) is 1. The highest BCUT2D eigenvalue weighted by molar-refractivity contribution is 5.92. The van der Waals surface area contributed by atoms with Crippen LogP contribution in [0, 0.1) is 18.6 Å². The molecule has 0 spiro atoms. The van der Waals surface area contributed by atoms with E-state index in [-0.39, 0.29) is 16.7 Å². The number of aryl methyl sites for hydroxylation is 2. The number of ether oxygens (including phenoxy) is 1. The first-order valence-corrected chi connectivity index (χ1v) is 7.85. The second kappa shape index (κ2) is 7.06. The number of aromatic nitrogens is 3. The van der Waals surface area contributed by atoms with Crippen molar-refractivity contribution in [2.75, 3.05) is 11.9 Å². The minimum Gasteiger partial charge on any atom is -0.467 e. The third kappa shape index (κ3) is 3.87. The van der Waals surface area contributed by atoms with Crippen molar-refractivity contribution in [2.45, 2.75) is 13.1 Å². The Hall–Kier alpha value is -3.24. The van der Waals surface area contributed by atoms with Crippen LogP contribution in [0.3, 0.4) is 0 Å². The fourth-order valence-corrected chi connectivity index (χ4v) is 2.64. The van der Waals surface area contributed by atoms with Crippen LogP contribution >= 0.6 is 0 Å². The predicted octanol–water partition coefficient (Wildman–Crippen LogP) is 3.59. The Morgan fingerprint density at radius 3 is 2.64 bits per heavy atom. The number of rotatable bonds is 4. The molecule has 28 heavy (non-hydrogen) atoms. The molecule has 0 radical (unpaired) electrons. The summed E-state index contributed by atoms with van der Waals surface area (Å²) in [7, 11) is 1.42. The van der Waals surface area contributed by atoms with E-state index < -0.39 is 47.5 Å². The van der Waals surface area contributed by atoms with E-state index in [2.05, 4.69) is 15.4 Å². The van der Waals surface area contributed by atoms with Gasteiger partial charge < -0.3 is 10.1 Å². The number of amides is 1. The molecule has 1 aromatic carbocycles. The lowest BCUT2D eigenvalue weighted by Crippen LogP contribution is -2.21. The van der Waals surface area contributed by atoms with Gasteiger partial charge in [0.05, 0.1) is 22.3 Å². The normalized spacial score (nSPS) is 11.7. The minimum atomic E-state index is -4.69. The van der Waals surface area contributed by atoms with Crippen molar-refractivity contribution in [3.63, 3.8) is 0 Å². The van der Waals surface area contributed by atoms with Crippen molar-refractivity contribution in [3.8, 4) is 5.88 Å². The number of pyridine rings is 1. The molecule has 1 N–H and O–H groups in total. The topological polar surface area (TPSA) is 69.0 Å². The van der Waals surface area contributed by atoms with Crippen LogP contribution in [0.1, 0.15) is 11.3 Å². The van der Waals surface area contributed by atoms with E-state index in [1.54, 1.807) is 0 Å². The maximum atomic E-state index is 13.5. The lowest BCUT2D eigenvalue weighted by atomic mass is 10.1. The van der Waals surface area contributed by atoms with E-state index in [4.69, 9.17) is 4.74 Å². The van der Waals surface area contributed by atoms with Gasteiger partial charge in [-0.3, -0.25) is 9.48 Å². The molecule has 6 nitrogen and oxygen atoms in total. The molecule has 0 saturated heterocycles. The van der Waals surface area contributed by atoms with E-state index in [0.717, 1.165) is 22.9 Å². The van der Waals surface area contributed by atoms with Gasteiger partial charge in [0, 0.05) is 19.2 Å². The lowest BCUT2D eigenvalue weighted by Gasteiger charge is -2.12. The lowest BCUT2D eigenvalue weighted by molar-refractivity contribution is -0.136. The zero-order chi connectivity index (χ0) is 20.6. The number of alkyl halides is 3. The summed E-state index contributed by atoms with van der Waals surface area (Å²) in [5.74, 6) is -3.01. The van der Waals surface area contributed by atoms with Crippen LogP contribution in [0.25, 0.3) is 11.0 Å². The van der Waals surface area contributed by atoms with E-state index >= 15 is 0 Å². The van der Waals surface area contributed by atoms with Gasteiger partial charge in [0.1, 0.15) is 11.6 Å². The van der Waals surface area contributed by atoms with Crippen LogP contribution in [0.4, 0.5) is 27.6 Å². The van der Waals surface area contributed by atoms with Crippen LogP contribution in [-0.2, 0) is 18.0 Å². The number of hydrogen-bond acceptors (Lipinski definition) is 4. The molecule has 11 heteroatoms. The maximum absolute atomic E-state index is 13.5. The van der Waals surface area contributed by atoms with Gasteiger partial charge >= 0.3 is 6.18 Å². The molecule has 2 aromatic heterocycles. The Morgan fingerprint density at radius 1 is 1.25 bits per heavy atom. The van der Waals surface area contributed by atoms with Gasteiger partial charge in [0.25, 0.3) is 5.91 Å². The van der Waals surface area contributed by atoms with E-state index in [1.807, 2.05) is 0 Å². The fourth-order valence-electron chi connectivity index (χ4n) is 2.64. The molecule has 0 aliphatic rings. The van der Waals surface area contributed by atoms with Crippen molar-refractivity contribution in [3.05, 3.63) is 47.2 Å². The summed E-state index contributed by atoms with van der Waals surface area (Å²) in [5, 5.41) is 5.82. The molecular weight excluding hydrogens is 387 g/mol. The number of nitrogens with zero attached hydrogens (tertiary/aromatic N) is 3. The van der Waals surface area contributed by atoms with E-state index in [0.29, 0.717) is 6.07 Å². The van der Waals surface area contributed by atoms with Gasteiger partial charge in [-0.15, -0.1) is 0 Å². The highest BCUT2D eigenvalue weighted by Gasteiger charge is 2.35. The first-order chi connectivity index (χ1) is 13.1. The Morgan fingerprint density at radius 2 is 1.96 bits per heavy atom. The van der Waals surface area contributed by atoms with Crippen LogP contribution in [0.2, 0.25) is 0 Å². The number of benzene rings is 1. The number of carbonyl (C=O) groups excluding carboxylic acids is 1. The van der Waals surface area contributed by atoms with Gasteiger partial charge in [0.2, 0.25) is 5.88 Å². The average Bonchev–Trinajstić information content (AvgIpc) is 2.89. The molecule has 0 aliphatic heterocycles. The molecule has 3 aromatic rings. The Kier molecular flexibility index (Phi) is 4.92. The molecule has 0 fully saturated rings. The zero-order valence-electron chi connectivity index (χ0n) is 14.6. The first kappa shape index (κ1) is 19.5. The van der Waals surface area contributed by atoms with Gasteiger partial charge in [0.15, 0.2) is 12.3 Å². The summed E-state index contributed by atoms with van der Waals surface area (Å²) in [6, 6.07) is 3.11. The minimum absolute atomic E-state index is 0.0705. The van der Waals surface area contributed by atoms with E-state index in [1.165, 1.54) is 14.0 Å². The zero-order valence-corrected chi connectivity index (χ0v) is 14.6. The predicted molar refractivity (Wildman–Crippen MR) is 88.7 cm³/mol. The SMILES string of the molecule is Cc1nn(C)c2nc(OCC(=O)Nc3cc(F)ccc3F)cc(C(F)(F)F)c12. The van der Waals surface area contributed by atoms with Crippen molar-refractivity contribution in [2.24, 2.45) is 7.05 Å². The van der Waals surface area contributed by atoms with Gasteiger partial charge in [-0.25, -0.2) is 8.78 Å². The summed E-state index contributed by atoms with van der Waals surface area (Å²) in [4.78, 5) is 15.8. The summed E-state index contributed by atoms with van der Waals surface area (Å²) in [6.45, 7) is 0.656. The summed E-state index contributed by atoms with van der Waals surface area (Å²) >= 11 is 0. The number of halogens is 5. The summed E-state index contributed by atoms with van der Waals surface area (Å²) in [5.41, 5.74) is -1.35. The fraction of sp³-hybridized carbons (Fsp3) is 0.235. The molecule has 0 unspecified atom stereocenters. The number of carbonyl (C=O) groups is 1. The highest BCUT2D eigenvalue weighted by Crippen LogP contribution is 2.37. The third-order valence-corrected chi connectivity index (χ3v) is 3.80. The van der Waals surface area contributed by atoms with Crippen LogP contribution < -0.4 is 10.1 Å². The van der Waals surface area contributed by atoms with Gasteiger partial charge in [-0.2, -0.15) is 23.3 Å². The average molecular weight is 400 g/mol. The molecule has 148 valence electrons. The third-order valence-electron chi connectivity index (χ3n) is 3.80. The van der Waals surface area contributed by atoms with Crippen LogP contribution in [-0.4, -0.2) is 27.3 Å². The number of anilines is 1. The molecular formula is C17H13F5N4O2. The Bertz CT molecular complexity index is 1060. The van der Waals surface area contributed by atoms with Crippen molar-refractivity contribution in [1.82, 2.24) is 14.8 Å². The van der Waals surface area contributed by atoms with E-state index in [9.17, 15) is 26.7 Å². The molecule has 0 saturated carbocycles. The number of fused-ring (bicyclic) bond motifs is 1. The molecule has 0 atom stereocenters. The molecule has 0 aliphatic carbocycles. The van der Waals surface area contributed by atoms with Crippen LogP contribution in [0.15, 0.2) is 24.3 Å².